The average molecular weight is 309 g/mol. The van der Waals surface area contributed by atoms with Crippen molar-refractivity contribution in [2.45, 2.75) is 77.4 Å². The standard InChI is InChI=1S/C14H29BrO2/c1-2-3-4-5-6-10-13-17-14(16)11-8-7-9-12-15/h14,16H,2-13H2,1H3. The zero-order chi connectivity index (χ0) is 12.8. The first-order valence-electron chi connectivity index (χ1n) is 7.17. The number of hydrogen-bond acceptors (Lipinski definition) is 2. The normalized spacial score (nSPS) is 12.9. The number of aliphatic hydroxyl groups excluding tert-OH is 1. The van der Waals surface area contributed by atoms with Crippen LogP contribution < -0.4 is 0 Å². The van der Waals surface area contributed by atoms with Crippen molar-refractivity contribution in [3.63, 3.8) is 0 Å². The summed E-state index contributed by atoms with van der Waals surface area (Å²) in [5.74, 6) is 0. The van der Waals surface area contributed by atoms with Crippen molar-refractivity contribution in [1.29, 1.82) is 0 Å². The summed E-state index contributed by atoms with van der Waals surface area (Å²) in [6.45, 7) is 2.95. The Balaban J connectivity index is 3.08. The number of rotatable bonds is 13. The predicted molar refractivity (Wildman–Crippen MR) is 77.6 cm³/mol. The van der Waals surface area contributed by atoms with Gasteiger partial charge in [0.2, 0.25) is 0 Å². The highest BCUT2D eigenvalue weighted by molar-refractivity contribution is 9.09. The molecule has 0 aromatic carbocycles. The van der Waals surface area contributed by atoms with E-state index in [9.17, 15) is 5.11 Å². The first-order valence-corrected chi connectivity index (χ1v) is 8.29. The van der Waals surface area contributed by atoms with Gasteiger partial charge >= 0.3 is 0 Å². The van der Waals surface area contributed by atoms with E-state index in [1.807, 2.05) is 0 Å². The Morgan fingerprint density at radius 2 is 1.59 bits per heavy atom. The summed E-state index contributed by atoms with van der Waals surface area (Å²) in [6.07, 6.45) is 11.3. The van der Waals surface area contributed by atoms with Gasteiger partial charge in [0.1, 0.15) is 0 Å². The van der Waals surface area contributed by atoms with Gasteiger partial charge in [0, 0.05) is 11.9 Å². The first kappa shape index (κ1) is 17.4. The van der Waals surface area contributed by atoms with Crippen LogP contribution in [-0.2, 0) is 4.74 Å². The quantitative estimate of drug-likeness (QED) is 0.305. The Bertz CT molecular complexity index is 142. The fourth-order valence-electron chi connectivity index (χ4n) is 1.78. The monoisotopic (exact) mass is 308 g/mol. The zero-order valence-electron chi connectivity index (χ0n) is 11.3. The van der Waals surface area contributed by atoms with E-state index < -0.39 is 6.29 Å². The third kappa shape index (κ3) is 14.3. The van der Waals surface area contributed by atoms with Gasteiger partial charge in [-0.1, -0.05) is 61.4 Å². The van der Waals surface area contributed by atoms with Gasteiger partial charge in [-0.2, -0.15) is 0 Å². The van der Waals surface area contributed by atoms with Crippen LogP contribution in [0.5, 0.6) is 0 Å². The van der Waals surface area contributed by atoms with Gasteiger partial charge < -0.3 is 9.84 Å². The molecule has 2 nitrogen and oxygen atoms in total. The minimum absolute atomic E-state index is 0.541. The molecule has 0 aliphatic carbocycles. The van der Waals surface area contributed by atoms with Gasteiger partial charge in [-0.05, 0) is 25.7 Å². The molecule has 1 atom stereocenters. The average Bonchev–Trinajstić information content (AvgIpc) is 2.33. The molecule has 17 heavy (non-hydrogen) atoms. The molecule has 0 heterocycles. The molecule has 0 fully saturated rings. The molecule has 0 aliphatic heterocycles. The lowest BCUT2D eigenvalue weighted by Crippen LogP contribution is -2.12. The van der Waals surface area contributed by atoms with E-state index in [1.54, 1.807) is 0 Å². The third-order valence-electron chi connectivity index (χ3n) is 2.89. The Kier molecular flexibility index (Phi) is 14.8. The van der Waals surface area contributed by atoms with Crippen molar-refractivity contribution in [2.75, 3.05) is 11.9 Å². The third-order valence-corrected chi connectivity index (χ3v) is 3.45. The summed E-state index contributed by atoms with van der Waals surface area (Å²) in [5, 5.41) is 10.6. The largest absolute Gasteiger partial charge is 0.368 e. The van der Waals surface area contributed by atoms with E-state index in [2.05, 4.69) is 22.9 Å². The molecule has 3 heteroatoms. The molecule has 0 aromatic rings. The van der Waals surface area contributed by atoms with Crippen LogP contribution in [0, 0.1) is 0 Å². The van der Waals surface area contributed by atoms with E-state index in [0.29, 0.717) is 6.61 Å². The van der Waals surface area contributed by atoms with Gasteiger partial charge in [-0.3, -0.25) is 0 Å². The van der Waals surface area contributed by atoms with E-state index in [1.165, 1.54) is 44.9 Å². The molecule has 0 aliphatic rings. The van der Waals surface area contributed by atoms with Gasteiger partial charge in [-0.25, -0.2) is 0 Å². The molecule has 104 valence electrons. The maximum absolute atomic E-state index is 9.56. The van der Waals surface area contributed by atoms with E-state index >= 15 is 0 Å². The van der Waals surface area contributed by atoms with Crippen LogP contribution in [0.2, 0.25) is 0 Å². The number of unbranched alkanes of at least 4 members (excludes halogenated alkanes) is 7. The van der Waals surface area contributed by atoms with Crippen LogP contribution in [0.25, 0.3) is 0 Å². The van der Waals surface area contributed by atoms with E-state index in [-0.39, 0.29) is 0 Å². The topological polar surface area (TPSA) is 29.5 Å². The molecule has 0 spiro atoms. The minimum Gasteiger partial charge on any atom is -0.368 e. The van der Waals surface area contributed by atoms with Crippen LogP contribution in [0.4, 0.5) is 0 Å². The molecule has 0 saturated carbocycles. The lowest BCUT2D eigenvalue weighted by Gasteiger charge is -2.11. The van der Waals surface area contributed by atoms with Crippen LogP contribution in [0.1, 0.15) is 71.1 Å². The molecule has 0 rings (SSSR count). The van der Waals surface area contributed by atoms with Crippen LogP contribution in [0.3, 0.4) is 0 Å². The second-order valence-corrected chi connectivity index (χ2v) is 5.42. The molecule has 0 radical (unpaired) electrons. The molecular weight excluding hydrogens is 280 g/mol. The Hall–Kier alpha value is 0.400. The summed E-state index contributed by atoms with van der Waals surface area (Å²) < 4.78 is 5.37. The Morgan fingerprint density at radius 3 is 2.29 bits per heavy atom. The maximum atomic E-state index is 9.56. The van der Waals surface area contributed by atoms with Crippen molar-refractivity contribution in [2.24, 2.45) is 0 Å². The fourth-order valence-corrected chi connectivity index (χ4v) is 2.17. The highest BCUT2D eigenvalue weighted by Crippen LogP contribution is 2.08. The highest BCUT2D eigenvalue weighted by Gasteiger charge is 2.03. The summed E-state index contributed by atoms with van der Waals surface area (Å²) in [7, 11) is 0. The van der Waals surface area contributed by atoms with Crippen molar-refractivity contribution in [3.05, 3.63) is 0 Å². The minimum atomic E-state index is -0.541. The van der Waals surface area contributed by atoms with Crippen LogP contribution in [-0.4, -0.2) is 23.3 Å². The summed E-state index contributed by atoms with van der Waals surface area (Å²) >= 11 is 3.40. The molecule has 0 saturated heterocycles. The summed E-state index contributed by atoms with van der Waals surface area (Å²) in [6, 6.07) is 0. The van der Waals surface area contributed by atoms with Crippen LogP contribution in [0.15, 0.2) is 0 Å². The maximum Gasteiger partial charge on any atom is 0.154 e. The molecule has 0 amide bonds. The predicted octanol–water partition coefficient (Wildman–Crippen LogP) is 4.64. The Labute approximate surface area is 115 Å². The van der Waals surface area contributed by atoms with E-state index in [4.69, 9.17) is 4.74 Å². The number of hydrogen-bond donors (Lipinski definition) is 1. The zero-order valence-corrected chi connectivity index (χ0v) is 12.9. The second kappa shape index (κ2) is 14.5. The number of aliphatic hydroxyl groups is 1. The number of alkyl halides is 1. The Morgan fingerprint density at radius 1 is 0.941 bits per heavy atom. The fraction of sp³-hybridized carbons (Fsp3) is 1.00. The number of halogens is 1. The van der Waals surface area contributed by atoms with Gasteiger partial charge in [0.15, 0.2) is 6.29 Å². The second-order valence-electron chi connectivity index (χ2n) is 4.63. The van der Waals surface area contributed by atoms with Crippen molar-refractivity contribution >= 4 is 15.9 Å². The SMILES string of the molecule is CCCCCCCCOC(O)CCCCCBr. The first-order chi connectivity index (χ1) is 8.31. The lowest BCUT2D eigenvalue weighted by atomic mass is 10.1. The van der Waals surface area contributed by atoms with Gasteiger partial charge in [0.05, 0.1) is 0 Å². The van der Waals surface area contributed by atoms with Crippen molar-refractivity contribution in [1.82, 2.24) is 0 Å². The molecular formula is C14H29BrO2. The number of ether oxygens (including phenoxy) is 1. The molecule has 1 N–H and O–H groups in total. The summed E-state index contributed by atoms with van der Waals surface area (Å²) in [4.78, 5) is 0. The van der Waals surface area contributed by atoms with Gasteiger partial charge in [0.25, 0.3) is 0 Å². The van der Waals surface area contributed by atoms with Crippen LogP contribution >= 0.6 is 15.9 Å². The highest BCUT2D eigenvalue weighted by atomic mass is 79.9. The van der Waals surface area contributed by atoms with E-state index in [0.717, 1.165) is 24.6 Å². The lowest BCUT2D eigenvalue weighted by molar-refractivity contribution is -0.105. The van der Waals surface area contributed by atoms with Gasteiger partial charge in [-0.15, -0.1) is 0 Å². The van der Waals surface area contributed by atoms with Crippen molar-refractivity contribution < 1.29 is 9.84 Å². The van der Waals surface area contributed by atoms with Crippen molar-refractivity contribution in [3.8, 4) is 0 Å². The molecule has 1 unspecified atom stereocenters. The molecule has 0 aromatic heterocycles. The molecule has 0 bridgehead atoms. The summed E-state index contributed by atoms with van der Waals surface area (Å²) in [5.41, 5.74) is 0. The smallest absolute Gasteiger partial charge is 0.154 e.